The fourth-order valence-electron chi connectivity index (χ4n) is 1.00. The predicted octanol–water partition coefficient (Wildman–Crippen LogP) is 2.75. The highest BCUT2D eigenvalue weighted by molar-refractivity contribution is 8.14. The molecule has 0 aliphatic heterocycles. The first kappa shape index (κ1) is 12.3. The maximum absolute atomic E-state index is 13.2. The first-order chi connectivity index (χ1) is 6.68. The summed E-state index contributed by atoms with van der Waals surface area (Å²) in [5.41, 5.74) is -1.31. The van der Waals surface area contributed by atoms with Gasteiger partial charge >= 0.3 is 14.3 Å². The molecular formula is C8H6ClF3O2S. The summed E-state index contributed by atoms with van der Waals surface area (Å²) < 4.78 is 60.6. The van der Waals surface area contributed by atoms with Gasteiger partial charge in [0, 0.05) is 10.7 Å². The van der Waals surface area contributed by atoms with Crippen LogP contribution in [-0.4, -0.2) is 8.42 Å². The van der Waals surface area contributed by atoms with Gasteiger partial charge in [0.05, 0.1) is 5.56 Å². The Labute approximate surface area is 89.1 Å². The van der Waals surface area contributed by atoms with E-state index in [0.717, 1.165) is 6.07 Å². The summed E-state index contributed by atoms with van der Waals surface area (Å²) in [6, 6.07) is 3.06. The lowest BCUT2D eigenvalue weighted by molar-refractivity contribution is 0.0891. The van der Waals surface area contributed by atoms with Gasteiger partial charge in [-0.2, -0.15) is 8.78 Å². The molecule has 2 nitrogen and oxygen atoms in total. The Hall–Kier alpha value is -0.750. The lowest BCUT2D eigenvalue weighted by Gasteiger charge is -2.14. The molecule has 1 rings (SSSR count). The van der Waals surface area contributed by atoms with Crippen LogP contribution < -0.4 is 0 Å². The van der Waals surface area contributed by atoms with Crippen molar-refractivity contribution in [1.29, 1.82) is 0 Å². The number of aryl methyl sites for hydroxylation is 1. The van der Waals surface area contributed by atoms with Crippen LogP contribution >= 0.6 is 10.7 Å². The summed E-state index contributed by atoms with van der Waals surface area (Å²) in [6.45, 7) is 1.25. The molecule has 0 amide bonds. The molecule has 0 aliphatic rings. The zero-order valence-electron chi connectivity index (χ0n) is 7.47. The zero-order valence-corrected chi connectivity index (χ0v) is 9.04. The summed E-state index contributed by atoms with van der Waals surface area (Å²) >= 11 is 0. The normalized spacial score (nSPS) is 12.9. The van der Waals surface area contributed by atoms with Gasteiger partial charge in [0.25, 0.3) is 0 Å². The molecule has 0 radical (unpaired) electrons. The van der Waals surface area contributed by atoms with E-state index >= 15 is 0 Å². The topological polar surface area (TPSA) is 34.1 Å². The van der Waals surface area contributed by atoms with E-state index in [4.69, 9.17) is 0 Å². The lowest BCUT2D eigenvalue weighted by Crippen LogP contribution is -2.23. The first-order valence-electron chi connectivity index (χ1n) is 3.75. The molecule has 84 valence electrons. The summed E-state index contributed by atoms with van der Waals surface area (Å²) in [6.07, 6.45) is 0. The van der Waals surface area contributed by atoms with Gasteiger partial charge in [0.1, 0.15) is 5.82 Å². The molecule has 0 atom stereocenters. The van der Waals surface area contributed by atoms with E-state index in [-0.39, 0.29) is 5.56 Å². The molecular weight excluding hydrogens is 253 g/mol. The van der Waals surface area contributed by atoms with Crippen LogP contribution in [0.1, 0.15) is 11.1 Å². The number of rotatable bonds is 2. The Morgan fingerprint density at radius 3 is 2.33 bits per heavy atom. The molecule has 0 bridgehead atoms. The van der Waals surface area contributed by atoms with Crippen molar-refractivity contribution in [3.63, 3.8) is 0 Å². The van der Waals surface area contributed by atoms with Gasteiger partial charge in [-0.15, -0.1) is 0 Å². The van der Waals surface area contributed by atoms with Gasteiger partial charge < -0.3 is 0 Å². The summed E-state index contributed by atoms with van der Waals surface area (Å²) in [5.74, 6) is -1.27. The van der Waals surface area contributed by atoms with E-state index in [1.54, 1.807) is 0 Å². The van der Waals surface area contributed by atoms with Crippen LogP contribution in [-0.2, 0) is 14.3 Å². The molecule has 0 saturated carbocycles. The maximum atomic E-state index is 13.2. The summed E-state index contributed by atoms with van der Waals surface area (Å²) in [4.78, 5) is 0. The predicted molar refractivity (Wildman–Crippen MR) is 49.8 cm³/mol. The number of hydrogen-bond acceptors (Lipinski definition) is 2. The van der Waals surface area contributed by atoms with E-state index < -0.39 is 25.7 Å². The molecule has 0 saturated heterocycles. The number of alkyl halides is 2. The van der Waals surface area contributed by atoms with Crippen molar-refractivity contribution < 1.29 is 21.6 Å². The van der Waals surface area contributed by atoms with Gasteiger partial charge in [0.2, 0.25) is 0 Å². The van der Waals surface area contributed by atoms with Gasteiger partial charge in [-0.1, -0.05) is 12.1 Å². The van der Waals surface area contributed by atoms with Crippen molar-refractivity contribution in [2.24, 2.45) is 0 Å². The van der Waals surface area contributed by atoms with E-state index in [0.29, 0.717) is 6.07 Å². The second kappa shape index (κ2) is 3.68. The number of hydrogen-bond donors (Lipinski definition) is 0. The first-order valence-corrected chi connectivity index (χ1v) is 6.06. The molecule has 1 aromatic rings. The third-order valence-electron chi connectivity index (χ3n) is 1.81. The third-order valence-corrected chi connectivity index (χ3v) is 3.23. The fraction of sp³-hybridized carbons (Fsp3) is 0.250. The van der Waals surface area contributed by atoms with Crippen molar-refractivity contribution in [2.75, 3.05) is 0 Å². The standard InChI is InChI=1S/C8H6ClF3O2S/c1-5-3-2-4-6(7(5)10)8(11,12)15(9,13)14/h2-4H,1H3. The van der Waals surface area contributed by atoms with Crippen LogP contribution in [0.3, 0.4) is 0 Å². The second-order valence-electron chi connectivity index (χ2n) is 2.89. The van der Waals surface area contributed by atoms with E-state index in [1.165, 1.54) is 13.0 Å². The minimum Gasteiger partial charge on any atom is -0.206 e. The number of benzene rings is 1. The van der Waals surface area contributed by atoms with Crippen LogP contribution in [0.5, 0.6) is 0 Å². The summed E-state index contributed by atoms with van der Waals surface area (Å²) in [7, 11) is -0.657. The smallest absolute Gasteiger partial charge is 0.206 e. The maximum Gasteiger partial charge on any atom is 0.387 e. The SMILES string of the molecule is Cc1cccc(C(F)(F)S(=O)(=O)Cl)c1F. The van der Waals surface area contributed by atoms with Crippen molar-refractivity contribution >= 4 is 19.7 Å². The molecule has 15 heavy (non-hydrogen) atoms. The molecule has 0 fully saturated rings. The van der Waals surface area contributed by atoms with E-state index in [9.17, 15) is 21.6 Å². The molecule has 0 unspecified atom stereocenters. The van der Waals surface area contributed by atoms with Crippen LogP contribution in [0, 0.1) is 12.7 Å². The number of halogens is 4. The Balaban J connectivity index is 3.47. The molecule has 1 aromatic carbocycles. The summed E-state index contributed by atoms with van der Waals surface area (Å²) in [5, 5.41) is -4.43. The highest BCUT2D eigenvalue weighted by Crippen LogP contribution is 2.38. The fourth-order valence-corrected chi connectivity index (χ4v) is 1.67. The third kappa shape index (κ3) is 2.10. The van der Waals surface area contributed by atoms with Gasteiger partial charge in [0.15, 0.2) is 0 Å². The zero-order chi connectivity index (χ0) is 11.9. The molecule has 0 aliphatic carbocycles. The molecule has 0 N–H and O–H groups in total. The Morgan fingerprint density at radius 1 is 1.33 bits per heavy atom. The van der Waals surface area contributed by atoms with Crippen molar-refractivity contribution in [3.8, 4) is 0 Å². The van der Waals surface area contributed by atoms with E-state index in [2.05, 4.69) is 10.7 Å². The lowest BCUT2D eigenvalue weighted by atomic mass is 10.1. The highest BCUT2D eigenvalue weighted by Gasteiger charge is 2.47. The minimum atomic E-state index is -5.20. The van der Waals surface area contributed by atoms with E-state index in [1.807, 2.05) is 0 Å². The minimum absolute atomic E-state index is 0.0764. The largest absolute Gasteiger partial charge is 0.387 e. The van der Waals surface area contributed by atoms with Crippen LogP contribution in [0.15, 0.2) is 18.2 Å². The van der Waals surface area contributed by atoms with Crippen molar-refractivity contribution in [1.82, 2.24) is 0 Å². The Bertz CT molecular complexity index is 485. The highest BCUT2D eigenvalue weighted by atomic mass is 35.7. The van der Waals surface area contributed by atoms with Crippen LogP contribution in [0.4, 0.5) is 13.2 Å². The average Bonchev–Trinajstić information content (AvgIpc) is 2.07. The van der Waals surface area contributed by atoms with Gasteiger partial charge in [-0.25, -0.2) is 12.8 Å². The quantitative estimate of drug-likeness (QED) is 0.765. The van der Waals surface area contributed by atoms with Gasteiger partial charge in [-0.3, -0.25) is 0 Å². The van der Waals surface area contributed by atoms with Gasteiger partial charge in [-0.05, 0) is 18.6 Å². The van der Waals surface area contributed by atoms with Crippen LogP contribution in [0.2, 0.25) is 0 Å². The molecule has 0 spiro atoms. The van der Waals surface area contributed by atoms with Crippen molar-refractivity contribution in [2.45, 2.75) is 12.2 Å². The average molecular weight is 259 g/mol. The molecule has 7 heteroatoms. The molecule has 0 aromatic heterocycles. The van der Waals surface area contributed by atoms with Crippen LogP contribution in [0.25, 0.3) is 0 Å². The monoisotopic (exact) mass is 258 g/mol. The second-order valence-corrected chi connectivity index (χ2v) is 5.50. The Morgan fingerprint density at radius 2 is 1.87 bits per heavy atom. The molecule has 0 heterocycles. The van der Waals surface area contributed by atoms with Crippen molar-refractivity contribution in [3.05, 3.63) is 35.1 Å². The Kier molecular flexibility index (Phi) is 3.02.